The predicted octanol–water partition coefficient (Wildman–Crippen LogP) is 4.68. The number of allylic oxidation sites excluding steroid dienone is 1. The van der Waals surface area contributed by atoms with E-state index in [1.54, 1.807) is 0 Å². The van der Waals surface area contributed by atoms with Crippen LogP contribution in [0.1, 0.15) is 49.3 Å². The molecule has 0 amide bonds. The largest absolute Gasteiger partial charge is 0.384 e. The first-order valence-electron chi connectivity index (χ1n) is 6.31. The van der Waals surface area contributed by atoms with E-state index >= 15 is 0 Å². The Balaban J connectivity index is 2.26. The smallest absolute Gasteiger partial charge is 0.101 e. The summed E-state index contributed by atoms with van der Waals surface area (Å²) in [4.78, 5) is 0. The normalized spacial score (nSPS) is 18.4. The molecule has 1 unspecified atom stereocenters. The van der Waals surface area contributed by atoms with Gasteiger partial charge in [-0.3, -0.25) is 0 Å². The van der Waals surface area contributed by atoms with E-state index in [4.69, 9.17) is 0 Å². The number of benzene rings is 1. The highest BCUT2D eigenvalue weighted by atomic mass is 79.9. The predicted molar refractivity (Wildman–Crippen MR) is 75.0 cm³/mol. The van der Waals surface area contributed by atoms with Crippen molar-refractivity contribution < 1.29 is 5.11 Å². The van der Waals surface area contributed by atoms with Crippen molar-refractivity contribution in [3.05, 3.63) is 45.4 Å². The summed E-state index contributed by atoms with van der Waals surface area (Å²) in [6.07, 6.45) is 7.66. The molecule has 0 fully saturated rings. The van der Waals surface area contributed by atoms with Gasteiger partial charge in [0.25, 0.3) is 0 Å². The molecule has 2 rings (SSSR count). The van der Waals surface area contributed by atoms with Crippen LogP contribution in [-0.4, -0.2) is 5.11 Å². The number of aliphatic hydroxyl groups is 1. The van der Waals surface area contributed by atoms with E-state index in [0.717, 1.165) is 22.9 Å². The van der Waals surface area contributed by atoms with E-state index in [-0.39, 0.29) is 0 Å². The van der Waals surface area contributed by atoms with E-state index in [9.17, 15) is 5.11 Å². The van der Waals surface area contributed by atoms with Crippen LogP contribution in [0.15, 0.2) is 34.3 Å². The highest BCUT2D eigenvalue weighted by Gasteiger charge is 2.17. The van der Waals surface area contributed by atoms with E-state index in [1.807, 2.05) is 6.07 Å². The van der Waals surface area contributed by atoms with Crippen molar-refractivity contribution in [2.45, 2.75) is 45.1 Å². The molecule has 0 aromatic heterocycles. The average Bonchev–Trinajstić information content (AvgIpc) is 2.60. The second kappa shape index (κ2) is 5.83. The quantitative estimate of drug-likeness (QED) is 0.785. The molecule has 1 N–H and O–H groups in total. The van der Waals surface area contributed by atoms with Gasteiger partial charge in [-0.2, -0.15) is 0 Å². The van der Waals surface area contributed by atoms with Crippen molar-refractivity contribution in [1.29, 1.82) is 0 Å². The Kier molecular flexibility index (Phi) is 4.41. The lowest BCUT2D eigenvalue weighted by Crippen LogP contribution is -2.03. The van der Waals surface area contributed by atoms with Gasteiger partial charge in [0.2, 0.25) is 0 Å². The van der Waals surface area contributed by atoms with Gasteiger partial charge in [-0.25, -0.2) is 0 Å². The van der Waals surface area contributed by atoms with E-state index in [0.29, 0.717) is 0 Å². The third-order valence-electron chi connectivity index (χ3n) is 3.37. The highest BCUT2D eigenvalue weighted by molar-refractivity contribution is 9.10. The molecule has 0 spiro atoms. The van der Waals surface area contributed by atoms with Crippen LogP contribution in [0, 0.1) is 6.92 Å². The molecule has 1 aromatic rings. The SMILES string of the molecule is Cc1ccc(Br)c(C(O)C2=CCCCCC2)c1. The summed E-state index contributed by atoms with van der Waals surface area (Å²) in [5, 5.41) is 10.5. The van der Waals surface area contributed by atoms with Crippen LogP contribution in [0.5, 0.6) is 0 Å². The monoisotopic (exact) mass is 294 g/mol. The van der Waals surface area contributed by atoms with Gasteiger partial charge in [-0.05, 0) is 49.8 Å². The summed E-state index contributed by atoms with van der Waals surface area (Å²) in [5.74, 6) is 0. The molecule has 1 aliphatic carbocycles. The number of aryl methyl sites for hydroxylation is 1. The molecule has 17 heavy (non-hydrogen) atoms. The molecule has 1 atom stereocenters. The molecule has 2 heteroatoms. The lowest BCUT2D eigenvalue weighted by Gasteiger charge is -2.16. The van der Waals surface area contributed by atoms with Crippen molar-refractivity contribution in [1.82, 2.24) is 0 Å². The first-order chi connectivity index (χ1) is 8.18. The molecule has 0 saturated carbocycles. The van der Waals surface area contributed by atoms with Crippen LogP contribution >= 0.6 is 15.9 Å². The van der Waals surface area contributed by atoms with E-state index in [1.165, 1.54) is 30.4 Å². The lowest BCUT2D eigenvalue weighted by molar-refractivity contribution is 0.210. The molecule has 0 aliphatic heterocycles. The maximum Gasteiger partial charge on any atom is 0.101 e. The molecule has 0 radical (unpaired) electrons. The van der Waals surface area contributed by atoms with Crippen molar-refractivity contribution in [2.75, 3.05) is 0 Å². The van der Waals surface area contributed by atoms with Crippen LogP contribution in [0.3, 0.4) is 0 Å². The molecule has 0 bridgehead atoms. The van der Waals surface area contributed by atoms with Crippen LogP contribution in [-0.2, 0) is 0 Å². The second-order valence-electron chi connectivity index (χ2n) is 4.81. The molecule has 1 aliphatic rings. The van der Waals surface area contributed by atoms with Gasteiger partial charge in [0.15, 0.2) is 0 Å². The van der Waals surface area contributed by atoms with E-state index in [2.05, 4.69) is 41.1 Å². The Hall–Kier alpha value is -0.600. The zero-order chi connectivity index (χ0) is 12.3. The maximum atomic E-state index is 10.5. The zero-order valence-electron chi connectivity index (χ0n) is 10.2. The number of rotatable bonds is 2. The Bertz CT molecular complexity index is 423. The number of aliphatic hydroxyl groups excluding tert-OH is 1. The first kappa shape index (κ1) is 12.8. The summed E-state index contributed by atoms with van der Waals surface area (Å²) < 4.78 is 1.00. The fourth-order valence-corrected chi connectivity index (χ4v) is 2.82. The van der Waals surface area contributed by atoms with Crippen LogP contribution in [0.2, 0.25) is 0 Å². The first-order valence-corrected chi connectivity index (χ1v) is 7.11. The maximum absolute atomic E-state index is 10.5. The number of hydrogen-bond donors (Lipinski definition) is 1. The fourth-order valence-electron chi connectivity index (χ4n) is 2.36. The summed E-state index contributed by atoms with van der Waals surface area (Å²) in [6, 6.07) is 6.15. The van der Waals surface area contributed by atoms with Gasteiger partial charge >= 0.3 is 0 Å². The molecular formula is C15H19BrO. The second-order valence-corrected chi connectivity index (χ2v) is 5.66. The van der Waals surface area contributed by atoms with Gasteiger partial charge < -0.3 is 5.11 Å². The summed E-state index contributed by atoms with van der Waals surface area (Å²) in [7, 11) is 0. The van der Waals surface area contributed by atoms with Crippen LogP contribution in [0.25, 0.3) is 0 Å². The lowest BCUT2D eigenvalue weighted by atomic mass is 9.97. The van der Waals surface area contributed by atoms with Crippen molar-refractivity contribution in [3.63, 3.8) is 0 Å². The van der Waals surface area contributed by atoms with Crippen molar-refractivity contribution >= 4 is 15.9 Å². The van der Waals surface area contributed by atoms with Crippen LogP contribution in [0.4, 0.5) is 0 Å². The standard InChI is InChI=1S/C15H19BrO/c1-11-8-9-14(16)13(10-11)15(17)12-6-4-2-3-5-7-12/h6,8-10,15,17H,2-5,7H2,1H3. The Morgan fingerprint density at radius 2 is 2.06 bits per heavy atom. The Morgan fingerprint density at radius 3 is 2.88 bits per heavy atom. The number of hydrogen-bond acceptors (Lipinski definition) is 1. The molecule has 92 valence electrons. The average molecular weight is 295 g/mol. The zero-order valence-corrected chi connectivity index (χ0v) is 11.8. The molecule has 0 heterocycles. The summed E-state index contributed by atoms with van der Waals surface area (Å²) >= 11 is 3.53. The minimum Gasteiger partial charge on any atom is -0.384 e. The van der Waals surface area contributed by atoms with Crippen molar-refractivity contribution in [3.8, 4) is 0 Å². The molecule has 1 aromatic carbocycles. The van der Waals surface area contributed by atoms with Gasteiger partial charge in [0.05, 0.1) is 0 Å². The van der Waals surface area contributed by atoms with Gasteiger partial charge in [-0.1, -0.05) is 46.1 Å². The molecule has 0 saturated heterocycles. The van der Waals surface area contributed by atoms with Crippen LogP contribution < -0.4 is 0 Å². The van der Waals surface area contributed by atoms with Gasteiger partial charge in [-0.15, -0.1) is 0 Å². The fraction of sp³-hybridized carbons (Fsp3) is 0.467. The Labute approximate surface area is 112 Å². The third kappa shape index (κ3) is 3.20. The minimum absolute atomic E-state index is 0.442. The third-order valence-corrected chi connectivity index (χ3v) is 4.10. The number of halogens is 1. The van der Waals surface area contributed by atoms with Gasteiger partial charge in [0.1, 0.15) is 6.10 Å². The van der Waals surface area contributed by atoms with Crippen molar-refractivity contribution in [2.24, 2.45) is 0 Å². The van der Waals surface area contributed by atoms with Gasteiger partial charge in [0, 0.05) is 4.47 Å². The summed E-state index contributed by atoms with van der Waals surface area (Å²) in [5.41, 5.74) is 3.38. The molecule has 1 nitrogen and oxygen atoms in total. The summed E-state index contributed by atoms with van der Waals surface area (Å²) in [6.45, 7) is 2.06. The Morgan fingerprint density at radius 1 is 1.24 bits per heavy atom. The molecular weight excluding hydrogens is 276 g/mol. The van der Waals surface area contributed by atoms with E-state index < -0.39 is 6.10 Å². The highest BCUT2D eigenvalue weighted by Crippen LogP contribution is 2.33. The minimum atomic E-state index is -0.442. The topological polar surface area (TPSA) is 20.2 Å².